The van der Waals surface area contributed by atoms with Crippen LogP contribution in [0.2, 0.25) is 0 Å². The summed E-state index contributed by atoms with van der Waals surface area (Å²) in [5.41, 5.74) is 1.27. The molecule has 6 nitrogen and oxygen atoms in total. The van der Waals surface area contributed by atoms with Gasteiger partial charge in [0.1, 0.15) is 0 Å². The molecular formula is C10H16N2O4S. The summed E-state index contributed by atoms with van der Waals surface area (Å²) in [4.78, 5) is 0. The highest BCUT2D eigenvalue weighted by Gasteiger charge is 2.02. The molecule has 0 atom stereocenters. The van der Waals surface area contributed by atoms with Crippen molar-refractivity contribution in [2.75, 3.05) is 25.0 Å². The van der Waals surface area contributed by atoms with Crippen molar-refractivity contribution in [1.82, 2.24) is 0 Å². The first-order valence-electron chi connectivity index (χ1n) is 4.97. The summed E-state index contributed by atoms with van der Waals surface area (Å²) in [6.07, 6.45) is 0. The maximum absolute atomic E-state index is 10.8. The lowest BCUT2D eigenvalue weighted by Crippen LogP contribution is -2.21. The van der Waals surface area contributed by atoms with Crippen molar-refractivity contribution < 1.29 is 17.9 Å². The van der Waals surface area contributed by atoms with Crippen molar-refractivity contribution in [3.63, 3.8) is 0 Å². The topological polar surface area (TPSA) is 90.7 Å². The Balaban J connectivity index is 2.54. The summed E-state index contributed by atoms with van der Waals surface area (Å²) < 4.78 is 34.0. The zero-order chi connectivity index (χ0) is 12.7. The fourth-order valence-corrected chi connectivity index (χ4v) is 1.68. The second kappa shape index (κ2) is 6.55. The molecule has 1 aromatic carbocycles. The lowest BCUT2D eigenvalue weighted by Gasteiger charge is -2.07. The van der Waals surface area contributed by atoms with E-state index in [9.17, 15) is 8.42 Å². The van der Waals surface area contributed by atoms with Gasteiger partial charge in [-0.2, -0.15) is 8.42 Å². The molecule has 0 amide bonds. The largest absolute Gasteiger partial charge is 0.382 e. The lowest BCUT2D eigenvalue weighted by molar-refractivity contribution is 0.0617. The van der Waals surface area contributed by atoms with Gasteiger partial charge in [-0.3, -0.25) is 4.72 Å². The molecule has 0 aliphatic heterocycles. The Morgan fingerprint density at radius 1 is 1.35 bits per heavy atom. The Hall–Kier alpha value is -1.15. The summed E-state index contributed by atoms with van der Waals surface area (Å²) in [6, 6.07) is 6.84. The predicted molar refractivity (Wildman–Crippen MR) is 64.7 cm³/mol. The minimum Gasteiger partial charge on any atom is -0.382 e. The van der Waals surface area contributed by atoms with Crippen LogP contribution in [0.1, 0.15) is 5.56 Å². The number of hydrogen-bond acceptors (Lipinski definition) is 4. The summed E-state index contributed by atoms with van der Waals surface area (Å²) in [7, 11) is -2.14. The SMILES string of the molecule is COCCOCc1cccc(NS(N)(=O)=O)c1. The molecule has 96 valence electrons. The molecular weight excluding hydrogens is 244 g/mol. The molecule has 0 aromatic heterocycles. The van der Waals surface area contributed by atoms with Crippen LogP contribution in [0.25, 0.3) is 0 Å². The van der Waals surface area contributed by atoms with Crippen LogP contribution >= 0.6 is 0 Å². The van der Waals surface area contributed by atoms with Gasteiger partial charge in [-0.25, -0.2) is 5.14 Å². The molecule has 0 saturated heterocycles. The summed E-state index contributed by atoms with van der Waals surface area (Å²) in [5, 5.41) is 4.87. The number of nitrogens with two attached hydrogens (primary N) is 1. The van der Waals surface area contributed by atoms with Gasteiger partial charge in [0.05, 0.1) is 25.5 Å². The van der Waals surface area contributed by atoms with Crippen LogP contribution < -0.4 is 9.86 Å². The van der Waals surface area contributed by atoms with Crippen LogP contribution in [0, 0.1) is 0 Å². The Bertz CT molecular complexity index is 447. The summed E-state index contributed by atoms with van der Waals surface area (Å²) in [6.45, 7) is 1.40. The number of methoxy groups -OCH3 is 1. The molecule has 0 heterocycles. The first kappa shape index (κ1) is 13.9. The third-order valence-electron chi connectivity index (χ3n) is 1.89. The molecule has 1 aromatic rings. The van der Waals surface area contributed by atoms with Crippen LogP contribution in [0.5, 0.6) is 0 Å². The van der Waals surface area contributed by atoms with E-state index in [2.05, 4.69) is 4.72 Å². The minimum atomic E-state index is -3.73. The summed E-state index contributed by atoms with van der Waals surface area (Å²) >= 11 is 0. The molecule has 0 bridgehead atoms. The Morgan fingerprint density at radius 2 is 2.12 bits per heavy atom. The van der Waals surface area contributed by atoms with Gasteiger partial charge in [0.2, 0.25) is 0 Å². The monoisotopic (exact) mass is 260 g/mol. The van der Waals surface area contributed by atoms with E-state index in [0.29, 0.717) is 25.5 Å². The fraction of sp³-hybridized carbons (Fsp3) is 0.400. The van der Waals surface area contributed by atoms with Gasteiger partial charge in [0.25, 0.3) is 10.2 Å². The van der Waals surface area contributed by atoms with Crippen LogP contribution in [0.3, 0.4) is 0 Å². The number of anilines is 1. The molecule has 0 saturated carbocycles. The molecule has 0 aliphatic carbocycles. The van der Waals surface area contributed by atoms with Gasteiger partial charge in [-0.1, -0.05) is 12.1 Å². The van der Waals surface area contributed by atoms with Crippen molar-refractivity contribution in [2.24, 2.45) is 5.14 Å². The first-order valence-corrected chi connectivity index (χ1v) is 6.52. The van der Waals surface area contributed by atoms with E-state index in [4.69, 9.17) is 14.6 Å². The van der Waals surface area contributed by atoms with Gasteiger partial charge >= 0.3 is 0 Å². The molecule has 17 heavy (non-hydrogen) atoms. The van der Waals surface area contributed by atoms with Crippen LogP contribution in [0.4, 0.5) is 5.69 Å². The highest BCUT2D eigenvalue weighted by atomic mass is 32.2. The number of nitrogens with one attached hydrogen (secondary N) is 1. The number of hydrogen-bond donors (Lipinski definition) is 2. The molecule has 7 heteroatoms. The normalized spacial score (nSPS) is 11.4. The number of ether oxygens (including phenoxy) is 2. The smallest absolute Gasteiger partial charge is 0.296 e. The second-order valence-corrected chi connectivity index (χ2v) is 4.69. The zero-order valence-corrected chi connectivity index (χ0v) is 10.4. The highest BCUT2D eigenvalue weighted by molar-refractivity contribution is 7.90. The highest BCUT2D eigenvalue weighted by Crippen LogP contribution is 2.12. The zero-order valence-electron chi connectivity index (χ0n) is 9.55. The molecule has 0 fully saturated rings. The predicted octanol–water partition coefficient (Wildman–Crippen LogP) is 0.465. The number of rotatable bonds is 7. The molecule has 3 N–H and O–H groups in total. The number of benzene rings is 1. The third-order valence-corrected chi connectivity index (χ3v) is 2.41. The van der Waals surface area contributed by atoms with E-state index in [1.54, 1.807) is 25.3 Å². The van der Waals surface area contributed by atoms with E-state index in [0.717, 1.165) is 5.56 Å². The van der Waals surface area contributed by atoms with Gasteiger partial charge in [0.15, 0.2) is 0 Å². The average molecular weight is 260 g/mol. The van der Waals surface area contributed by atoms with Crippen molar-refractivity contribution in [3.05, 3.63) is 29.8 Å². The summed E-state index contributed by atoms with van der Waals surface area (Å²) in [5.74, 6) is 0. The first-order chi connectivity index (χ1) is 8.01. The van der Waals surface area contributed by atoms with Crippen molar-refractivity contribution in [1.29, 1.82) is 0 Å². The van der Waals surface area contributed by atoms with Gasteiger partial charge in [-0.15, -0.1) is 0 Å². The van der Waals surface area contributed by atoms with E-state index in [1.807, 2.05) is 6.07 Å². The average Bonchev–Trinajstić information content (AvgIpc) is 2.23. The van der Waals surface area contributed by atoms with Crippen molar-refractivity contribution in [3.8, 4) is 0 Å². The third kappa shape index (κ3) is 6.22. The maximum atomic E-state index is 10.8. The molecule has 0 aliphatic rings. The molecule has 0 radical (unpaired) electrons. The van der Waals surface area contributed by atoms with Crippen molar-refractivity contribution in [2.45, 2.75) is 6.61 Å². The van der Waals surface area contributed by atoms with E-state index in [1.165, 1.54) is 0 Å². The quantitative estimate of drug-likeness (QED) is 0.697. The molecule has 0 spiro atoms. The van der Waals surface area contributed by atoms with Crippen LogP contribution in [-0.2, 0) is 26.3 Å². The lowest BCUT2D eigenvalue weighted by atomic mass is 10.2. The Labute approximate surface area is 101 Å². The second-order valence-electron chi connectivity index (χ2n) is 3.39. The van der Waals surface area contributed by atoms with E-state index in [-0.39, 0.29) is 0 Å². The van der Waals surface area contributed by atoms with Gasteiger partial charge in [0, 0.05) is 7.11 Å². The van der Waals surface area contributed by atoms with E-state index >= 15 is 0 Å². The molecule has 1 rings (SSSR count). The fourth-order valence-electron chi connectivity index (χ4n) is 1.22. The van der Waals surface area contributed by atoms with Gasteiger partial charge < -0.3 is 9.47 Å². The van der Waals surface area contributed by atoms with Gasteiger partial charge in [-0.05, 0) is 17.7 Å². The minimum absolute atomic E-state index is 0.392. The Kier molecular flexibility index (Phi) is 5.36. The Morgan fingerprint density at radius 3 is 2.76 bits per heavy atom. The maximum Gasteiger partial charge on any atom is 0.296 e. The molecule has 0 unspecified atom stereocenters. The van der Waals surface area contributed by atoms with E-state index < -0.39 is 10.2 Å². The van der Waals surface area contributed by atoms with Crippen molar-refractivity contribution >= 4 is 15.9 Å². The standard InChI is InChI=1S/C10H16N2O4S/c1-15-5-6-16-8-9-3-2-4-10(7-9)12-17(11,13)14/h2-4,7,12H,5-6,8H2,1H3,(H2,11,13,14). The van der Waals surface area contributed by atoms with Crippen LogP contribution in [0.15, 0.2) is 24.3 Å². The van der Waals surface area contributed by atoms with Crippen LogP contribution in [-0.4, -0.2) is 28.7 Å².